The van der Waals surface area contributed by atoms with Gasteiger partial charge in [-0.15, -0.1) is 0 Å². The second-order valence-corrected chi connectivity index (χ2v) is 4.73. The fourth-order valence-electron chi connectivity index (χ4n) is 2.26. The van der Waals surface area contributed by atoms with Crippen molar-refractivity contribution in [2.45, 2.75) is 24.7 Å². The van der Waals surface area contributed by atoms with E-state index in [1.54, 1.807) is 0 Å². The molecule has 6 heteroatoms. The van der Waals surface area contributed by atoms with E-state index in [9.17, 15) is 19.8 Å². The Bertz CT molecular complexity index is 544. The summed E-state index contributed by atoms with van der Waals surface area (Å²) >= 11 is 0. The number of phenols is 2. The van der Waals surface area contributed by atoms with Crippen LogP contribution in [0.2, 0.25) is 0 Å². The van der Waals surface area contributed by atoms with Crippen LogP contribution in [0.3, 0.4) is 0 Å². The van der Waals surface area contributed by atoms with Crippen molar-refractivity contribution in [3.05, 3.63) is 23.3 Å². The van der Waals surface area contributed by atoms with Crippen LogP contribution in [0.4, 0.5) is 0 Å². The Balaban J connectivity index is 2.46. The molecule has 0 atom stereocenters. The molecule has 0 radical (unpaired) electrons. The minimum absolute atomic E-state index is 0.0769. The first-order valence-electron chi connectivity index (χ1n) is 5.76. The van der Waals surface area contributed by atoms with Crippen molar-refractivity contribution in [2.75, 3.05) is 7.11 Å². The summed E-state index contributed by atoms with van der Waals surface area (Å²) in [7, 11) is 1.18. The number of carboxylic acid groups (broad SMARTS) is 1. The first-order chi connectivity index (χ1) is 8.89. The molecule has 0 aliphatic heterocycles. The Morgan fingerprint density at radius 2 is 1.89 bits per heavy atom. The van der Waals surface area contributed by atoms with E-state index in [-0.39, 0.29) is 23.5 Å². The fraction of sp³-hybridized carbons (Fsp3) is 0.385. The number of carbonyl (C=O) groups is 2. The van der Waals surface area contributed by atoms with Gasteiger partial charge in [-0.1, -0.05) is 0 Å². The number of hydrogen-bond acceptors (Lipinski definition) is 5. The Morgan fingerprint density at radius 1 is 1.26 bits per heavy atom. The standard InChI is InChI=1S/C13H14O6/c1-19-12(18)7-4-8(10(15)5-9(7)14)13(2-3-13)6-11(16)17/h4-5,14-15H,2-3,6H2,1H3,(H,16,17). The average molecular weight is 266 g/mol. The maximum atomic E-state index is 11.5. The smallest absolute Gasteiger partial charge is 0.341 e. The average Bonchev–Trinajstić information content (AvgIpc) is 3.07. The summed E-state index contributed by atoms with van der Waals surface area (Å²) in [6.45, 7) is 0. The van der Waals surface area contributed by atoms with Crippen LogP contribution in [0.1, 0.15) is 35.2 Å². The number of hydrogen-bond donors (Lipinski definition) is 3. The van der Waals surface area contributed by atoms with Crippen LogP contribution in [-0.4, -0.2) is 34.4 Å². The maximum absolute atomic E-state index is 11.5. The van der Waals surface area contributed by atoms with Crippen molar-refractivity contribution in [3.8, 4) is 11.5 Å². The lowest BCUT2D eigenvalue weighted by atomic mass is 9.90. The highest BCUT2D eigenvalue weighted by molar-refractivity contribution is 5.93. The molecule has 0 spiro atoms. The van der Waals surface area contributed by atoms with Crippen LogP contribution >= 0.6 is 0 Å². The van der Waals surface area contributed by atoms with Gasteiger partial charge in [-0.25, -0.2) is 4.79 Å². The zero-order valence-electron chi connectivity index (χ0n) is 10.3. The van der Waals surface area contributed by atoms with Gasteiger partial charge in [0.1, 0.15) is 17.1 Å². The highest BCUT2D eigenvalue weighted by atomic mass is 16.5. The van der Waals surface area contributed by atoms with Crippen LogP contribution in [-0.2, 0) is 14.9 Å². The molecule has 6 nitrogen and oxygen atoms in total. The number of phenolic OH excluding ortho intramolecular Hbond substituents is 2. The van der Waals surface area contributed by atoms with Crippen LogP contribution < -0.4 is 0 Å². The van der Waals surface area contributed by atoms with Gasteiger partial charge in [-0.3, -0.25) is 4.79 Å². The van der Waals surface area contributed by atoms with Crippen LogP contribution in [0.25, 0.3) is 0 Å². The largest absolute Gasteiger partial charge is 0.508 e. The predicted molar refractivity (Wildman–Crippen MR) is 64.3 cm³/mol. The molecule has 1 fully saturated rings. The van der Waals surface area contributed by atoms with Crippen molar-refractivity contribution < 1.29 is 29.6 Å². The molecule has 1 aliphatic carbocycles. The molecule has 1 saturated carbocycles. The molecule has 102 valence electrons. The minimum atomic E-state index is -0.968. The summed E-state index contributed by atoms with van der Waals surface area (Å²) < 4.78 is 4.53. The Morgan fingerprint density at radius 3 is 2.37 bits per heavy atom. The molecule has 0 aromatic heterocycles. The summed E-state index contributed by atoms with van der Waals surface area (Å²) in [5.41, 5.74) is -0.355. The van der Waals surface area contributed by atoms with E-state index in [2.05, 4.69) is 4.74 Å². The zero-order valence-corrected chi connectivity index (χ0v) is 10.3. The van der Waals surface area contributed by atoms with Crippen molar-refractivity contribution in [1.29, 1.82) is 0 Å². The van der Waals surface area contributed by atoms with Gasteiger partial charge >= 0.3 is 11.9 Å². The topological polar surface area (TPSA) is 104 Å². The molecular formula is C13H14O6. The van der Waals surface area contributed by atoms with Gasteiger partial charge in [0, 0.05) is 17.0 Å². The molecule has 2 rings (SSSR count). The second-order valence-electron chi connectivity index (χ2n) is 4.73. The van der Waals surface area contributed by atoms with Gasteiger partial charge in [0.25, 0.3) is 0 Å². The number of carboxylic acids is 1. The number of esters is 1. The molecule has 0 unspecified atom stereocenters. The SMILES string of the molecule is COC(=O)c1cc(C2(CC(=O)O)CC2)c(O)cc1O. The third-order valence-electron chi connectivity index (χ3n) is 3.43. The lowest BCUT2D eigenvalue weighted by Crippen LogP contribution is -2.14. The molecule has 0 amide bonds. The number of aliphatic carboxylic acids is 1. The molecule has 1 aliphatic rings. The molecule has 0 heterocycles. The van der Waals surface area contributed by atoms with E-state index >= 15 is 0 Å². The Hall–Kier alpha value is -2.24. The minimum Gasteiger partial charge on any atom is -0.508 e. The van der Waals surface area contributed by atoms with E-state index in [0.717, 1.165) is 6.07 Å². The summed E-state index contributed by atoms with van der Waals surface area (Å²) in [4.78, 5) is 22.3. The molecule has 0 saturated heterocycles. The summed E-state index contributed by atoms with van der Waals surface area (Å²) in [5.74, 6) is -2.29. The Labute approximate surface area is 109 Å². The van der Waals surface area contributed by atoms with E-state index < -0.39 is 17.4 Å². The molecule has 3 N–H and O–H groups in total. The normalized spacial score (nSPS) is 15.8. The van der Waals surface area contributed by atoms with Crippen molar-refractivity contribution >= 4 is 11.9 Å². The number of aromatic hydroxyl groups is 2. The second kappa shape index (κ2) is 4.46. The van der Waals surface area contributed by atoms with E-state index in [4.69, 9.17) is 5.11 Å². The third-order valence-corrected chi connectivity index (χ3v) is 3.43. The van der Waals surface area contributed by atoms with Crippen LogP contribution in [0.5, 0.6) is 11.5 Å². The highest BCUT2D eigenvalue weighted by Gasteiger charge is 2.48. The first-order valence-corrected chi connectivity index (χ1v) is 5.76. The van der Waals surface area contributed by atoms with E-state index in [0.29, 0.717) is 18.4 Å². The Kier molecular flexibility index (Phi) is 3.09. The van der Waals surface area contributed by atoms with Crippen molar-refractivity contribution in [2.24, 2.45) is 0 Å². The molecule has 0 bridgehead atoms. The summed E-state index contributed by atoms with van der Waals surface area (Å²) in [6.07, 6.45) is 1.13. The van der Waals surface area contributed by atoms with E-state index in [1.807, 2.05) is 0 Å². The third kappa shape index (κ3) is 2.33. The lowest BCUT2D eigenvalue weighted by molar-refractivity contribution is -0.137. The number of carbonyl (C=O) groups excluding carboxylic acids is 1. The van der Waals surface area contributed by atoms with E-state index in [1.165, 1.54) is 13.2 Å². The zero-order chi connectivity index (χ0) is 14.2. The molecule has 19 heavy (non-hydrogen) atoms. The summed E-state index contributed by atoms with van der Waals surface area (Å²) in [6, 6.07) is 2.36. The van der Waals surface area contributed by atoms with Crippen molar-refractivity contribution in [3.63, 3.8) is 0 Å². The van der Waals surface area contributed by atoms with Crippen LogP contribution in [0.15, 0.2) is 12.1 Å². The monoisotopic (exact) mass is 266 g/mol. The van der Waals surface area contributed by atoms with Crippen molar-refractivity contribution in [1.82, 2.24) is 0 Å². The quantitative estimate of drug-likeness (QED) is 0.711. The van der Waals surface area contributed by atoms with Gasteiger partial charge in [0.15, 0.2) is 0 Å². The summed E-state index contributed by atoms with van der Waals surface area (Å²) in [5, 5.41) is 28.4. The van der Waals surface area contributed by atoms with Gasteiger partial charge in [0.05, 0.1) is 13.5 Å². The number of rotatable bonds is 4. The number of benzene rings is 1. The molecule has 1 aromatic carbocycles. The number of methoxy groups -OCH3 is 1. The van der Waals surface area contributed by atoms with Gasteiger partial charge < -0.3 is 20.1 Å². The first kappa shape index (κ1) is 13.2. The molecule has 1 aromatic rings. The van der Waals surface area contributed by atoms with Crippen LogP contribution in [0, 0.1) is 0 Å². The fourth-order valence-corrected chi connectivity index (χ4v) is 2.26. The molecular weight excluding hydrogens is 252 g/mol. The highest BCUT2D eigenvalue weighted by Crippen LogP contribution is 2.54. The van der Waals surface area contributed by atoms with Gasteiger partial charge in [-0.2, -0.15) is 0 Å². The van der Waals surface area contributed by atoms with Gasteiger partial charge in [-0.05, 0) is 18.9 Å². The lowest BCUT2D eigenvalue weighted by Gasteiger charge is -2.16. The van der Waals surface area contributed by atoms with Gasteiger partial charge in [0.2, 0.25) is 0 Å². The maximum Gasteiger partial charge on any atom is 0.341 e. The predicted octanol–water partition coefficient (Wildman–Crippen LogP) is 1.39. The number of ether oxygens (including phenoxy) is 1.